The Balaban J connectivity index is 1.42. The molecule has 146 valence electrons. The minimum absolute atomic E-state index is 0.0452. The maximum absolute atomic E-state index is 12.3. The van der Waals surface area contributed by atoms with Gasteiger partial charge in [-0.25, -0.2) is 0 Å². The van der Waals surface area contributed by atoms with E-state index < -0.39 is 17.0 Å². The van der Waals surface area contributed by atoms with E-state index >= 15 is 0 Å². The standard InChI is InChI=1S/C19H14N4O6/c1-11(27-17(24)10-15-14-4-2-3-5-16(14)29-22-15)18-20-21-19(28-18)12-6-8-13(9-7-12)23(25)26/h2-9,11H,10H2,1H3/t11-/m0/s1. The quantitative estimate of drug-likeness (QED) is 0.273. The predicted molar refractivity (Wildman–Crippen MR) is 98.6 cm³/mol. The van der Waals surface area contributed by atoms with Crippen LogP contribution < -0.4 is 0 Å². The fourth-order valence-corrected chi connectivity index (χ4v) is 2.73. The summed E-state index contributed by atoms with van der Waals surface area (Å²) < 4.78 is 16.1. The van der Waals surface area contributed by atoms with Crippen LogP contribution in [0.3, 0.4) is 0 Å². The van der Waals surface area contributed by atoms with Gasteiger partial charge in [-0.2, -0.15) is 0 Å². The van der Waals surface area contributed by atoms with Crippen molar-refractivity contribution in [2.75, 3.05) is 0 Å². The van der Waals surface area contributed by atoms with Crippen LogP contribution in [0, 0.1) is 10.1 Å². The molecule has 10 nitrogen and oxygen atoms in total. The first-order valence-electron chi connectivity index (χ1n) is 8.62. The average molecular weight is 394 g/mol. The second kappa shape index (κ2) is 7.50. The van der Waals surface area contributed by atoms with Gasteiger partial charge in [0.2, 0.25) is 5.89 Å². The molecule has 0 fully saturated rings. The highest BCUT2D eigenvalue weighted by Crippen LogP contribution is 2.25. The summed E-state index contributed by atoms with van der Waals surface area (Å²) in [5.74, 6) is -0.247. The Kier molecular flexibility index (Phi) is 4.73. The third kappa shape index (κ3) is 3.81. The molecule has 4 aromatic rings. The molecule has 0 aliphatic rings. The van der Waals surface area contributed by atoms with Crippen molar-refractivity contribution in [2.24, 2.45) is 0 Å². The number of benzene rings is 2. The van der Waals surface area contributed by atoms with Crippen LogP contribution in [0.25, 0.3) is 22.4 Å². The second-order valence-electron chi connectivity index (χ2n) is 6.18. The van der Waals surface area contributed by atoms with E-state index in [0.717, 1.165) is 5.39 Å². The Bertz CT molecular complexity index is 1180. The minimum Gasteiger partial charge on any atom is -0.452 e. The molecule has 0 aliphatic carbocycles. The van der Waals surface area contributed by atoms with Crippen LogP contribution in [0.2, 0.25) is 0 Å². The van der Waals surface area contributed by atoms with Gasteiger partial charge in [0.25, 0.3) is 11.6 Å². The van der Waals surface area contributed by atoms with Gasteiger partial charge in [-0.15, -0.1) is 10.2 Å². The monoisotopic (exact) mass is 394 g/mol. The van der Waals surface area contributed by atoms with Crippen LogP contribution in [0.4, 0.5) is 5.69 Å². The molecular weight excluding hydrogens is 380 g/mol. The number of carbonyl (C=O) groups excluding carboxylic acids is 1. The van der Waals surface area contributed by atoms with Gasteiger partial charge < -0.3 is 13.7 Å². The number of fused-ring (bicyclic) bond motifs is 1. The van der Waals surface area contributed by atoms with E-state index in [1.807, 2.05) is 18.2 Å². The summed E-state index contributed by atoms with van der Waals surface area (Å²) in [6.07, 6.45) is -0.843. The molecule has 0 unspecified atom stereocenters. The third-order valence-corrected chi connectivity index (χ3v) is 4.19. The predicted octanol–water partition coefficient (Wildman–Crippen LogP) is 3.63. The van der Waals surface area contributed by atoms with E-state index in [1.165, 1.54) is 24.3 Å². The van der Waals surface area contributed by atoms with Gasteiger partial charge in [0, 0.05) is 23.1 Å². The van der Waals surface area contributed by atoms with Crippen molar-refractivity contribution in [3.8, 4) is 11.5 Å². The molecule has 0 spiro atoms. The zero-order chi connectivity index (χ0) is 20.4. The largest absolute Gasteiger partial charge is 0.452 e. The molecule has 0 aliphatic heterocycles. The van der Waals surface area contributed by atoms with Crippen LogP contribution >= 0.6 is 0 Å². The lowest BCUT2D eigenvalue weighted by Crippen LogP contribution is -2.12. The van der Waals surface area contributed by atoms with Crippen LogP contribution in [-0.4, -0.2) is 26.2 Å². The molecule has 4 rings (SSSR count). The van der Waals surface area contributed by atoms with Gasteiger partial charge in [0.15, 0.2) is 11.7 Å². The number of hydrogen-bond acceptors (Lipinski definition) is 9. The van der Waals surface area contributed by atoms with Crippen molar-refractivity contribution in [2.45, 2.75) is 19.4 Å². The van der Waals surface area contributed by atoms with Gasteiger partial charge in [-0.3, -0.25) is 14.9 Å². The Hall–Kier alpha value is -4.08. The number of aromatic nitrogens is 3. The lowest BCUT2D eigenvalue weighted by Gasteiger charge is -2.08. The maximum Gasteiger partial charge on any atom is 0.312 e. The number of nitro groups is 1. The number of non-ortho nitro benzene ring substituents is 1. The summed E-state index contributed by atoms with van der Waals surface area (Å²) in [6.45, 7) is 1.60. The molecule has 1 atom stereocenters. The third-order valence-electron chi connectivity index (χ3n) is 4.19. The normalized spacial score (nSPS) is 12.0. The summed E-state index contributed by atoms with van der Waals surface area (Å²) in [5, 5.41) is 23.2. The van der Waals surface area contributed by atoms with E-state index in [0.29, 0.717) is 16.8 Å². The Morgan fingerprint density at radius 3 is 2.69 bits per heavy atom. The molecule has 2 aromatic heterocycles. The SMILES string of the molecule is C[C@H](OC(=O)Cc1noc2ccccc12)c1nnc(-c2ccc([N+](=O)[O-])cc2)o1. The van der Waals surface area contributed by atoms with E-state index in [9.17, 15) is 14.9 Å². The van der Waals surface area contributed by atoms with Gasteiger partial charge in [0.1, 0.15) is 5.69 Å². The van der Waals surface area contributed by atoms with Gasteiger partial charge in [-0.05, 0) is 31.2 Å². The van der Waals surface area contributed by atoms with E-state index in [1.54, 1.807) is 13.0 Å². The summed E-state index contributed by atoms with van der Waals surface area (Å²) in [7, 11) is 0. The summed E-state index contributed by atoms with van der Waals surface area (Å²) in [6, 6.07) is 12.9. The second-order valence-corrected chi connectivity index (χ2v) is 6.18. The molecule has 2 aromatic carbocycles. The summed E-state index contributed by atoms with van der Waals surface area (Å²) >= 11 is 0. The highest BCUT2D eigenvalue weighted by Gasteiger charge is 2.21. The zero-order valence-corrected chi connectivity index (χ0v) is 15.1. The van der Waals surface area contributed by atoms with E-state index in [4.69, 9.17) is 13.7 Å². The molecule has 0 saturated heterocycles. The van der Waals surface area contributed by atoms with Gasteiger partial charge in [-0.1, -0.05) is 17.3 Å². The Labute approximate surface area is 163 Å². The molecule has 0 amide bonds. The number of hydrogen-bond donors (Lipinski definition) is 0. The Morgan fingerprint density at radius 2 is 1.93 bits per heavy atom. The summed E-state index contributed by atoms with van der Waals surface area (Å²) in [5.41, 5.74) is 1.54. The zero-order valence-electron chi connectivity index (χ0n) is 15.1. The first-order chi connectivity index (χ1) is 14.0. The molecule has 0 bridgehead atoms. The molecule has 10 heteroatoms. The fourth-order valence-electron chi connectivity index (χ4n) is 2.73. The van der Waals surface area contributed by atoms with Crippen molar-refractivity contribution in [3.05, 3.63) is 70.2 Å². The number of para-hydroxylation sites is 1. The molecular formula is C19H14N4O6. The van der Waals surface area contributed by atoms with E-state index in [-0.39, 0.29) is 23.9 Å². The van der Waals surface area contributed by atoms with Crippen LogP contribution in [0.1, 0.15) is 24.6 Å². The lowest BCUT2D eigenvalue weighted by atomic mass is 10.2. The topological polar surface area (TPSA) is 134 Å². The molecule has 0 N–H and O–H groups in total. The molecule has 0 saturated carbocycles. The van der Waals surface area contributed by atoms with Crippen molar-refractivity contribution >= 4 is 22.6 Å². The first-order valence-corrected chi connectivity index (χ1v) is 8.62. The highest BCUT2D eigenvalue weighted by atomic mass is 16.6. The van der Waals surface area contributed by atoms with Crippen molar-refractivity contribution in [3.63, 3.8) is 0 Å². The number of rotatable bonds is 6. The average Bonchev–Trinajstić information content (AvgIpc) is 3.36. The van der Waals surface area contributed by atoms with Crippen LogP contribution in [0.15, 0.2) is 57.5 Å². The lowest BCUT2D eigenvalue weighted by molar-refractivity contribution is -0.384. The smallest absolute Gasteiger partial charge is 0.312 e. The molecule has 29 heavy (non-hydrogen) atoms. The summed E-state index contributed by atoms with van der Waals surface area (Å²) in [4.78, 5) is 22.5. The minimum atomic E-state index is -0.778. The fraction of sp³-hybridized carbons (Fsp3) is 0.158. The van der Waals surface area contributed by atoms with E-state index in [2.05, 4.69) is 15.4 Å². The van der Waals surface area contributed by atoms with Gasteiger partial charge in [0.05, 0.1) is 11.3 Å². The van der Waals surface area contributed by atoms with Crippen molar-refractivity contribution in [1.29, 1.82) is 0 Å². The number of nitro benzene ring substituents is 1. The number of esters is 1. The maximum atomic E-state index is 12.3. The van der Waals surface area contributed by atoms with Crippen LogP contribution in [-0.2, 0) is 16.0 Å². The number of nitrogens with zero attached hydrogens (tertiary/aromatic N) is 4. The molecule has 2 heterocycles. The number of ether oxygens (including phenoxy) is 1. The Morgan fingerprint density at radius 1 is 1.17 bits per heavy atom. The van der Waals surface area contributed by atoms with Crippen molar-refractivity contribution < 1.29 is 23.4 Å². The first kappa shape index (κ1) is 18.3. The molecule has 0 radical (unpaired) electrons. The number of carbonyl (C=O) groups is 1. The van der Waals surface area contributed by atoms with Crippen LogP contribution in [0.5, 0.6) is 0 Å². The highest BCUT2D eigenvalue weighted by molar-refractivity contribution is 5.84. The van der Waals surface area contributed by atoms with Gasteiger partial charge >= 0.3 is 5.97 Å². The van der Waals surface area contributed by atoms with Crippen molar-refractivity contribution in [1.82, 2.24) is 15.4 Å².